The number of carbonyl (C=O) groups excluding carboxylic acids is 1. The monoisotopic (exact) mass is 229 g/mol. The van der Waals surface area contributed by atoms with Crippen LogP contribution >= 0.6 is 11.6 Å². The summed E-state index contributed by atoms with van der Waals surface area (Å²) in [5, 5.41) is 2.69. The van der Waals surface area contributed by atoms with Gasteiger partial charge in [0.2, 0.25) is 0 Å². The van der Waals surface area contributed by atoms with Crippen molar-refractivity contribution in [2.45, 2.75) is 6.04 Å². The van der Waals surface area contributed by atoms with Crippen LogP contribution in [-0.2, 0) is 4.74 Å². The van der Waals surface area contributed by atoms with E-state index in [1.165, 1.54) is 18.2 Å². The maximum atomic E-state index is 12.8. The Morgan fingerprint density at radius 1 is 1.53 bits per heavy atom. The van der Waals surface area contributed by atoms with Gasteiger partial charge in [0.1, 0.15) is 5.82 Å². The Hall–Kier alpha value is -1.13. The third-order valence-electron chi connectivity index (χ3n) is 2.16. The molecule has 0 radical (unpaired) electrons. The molecule has 0 spiro atoms. The van der Waals surface area contributed by atoms with E-state index >= 15 is 0 Å². The second-order valence-electron chi connectivity index (χ2n) is 3.34. The normalized spacial score (nSPS) is 15.9. The zero-order valence-electron chi connectivity index (χ0n) is 7.80. The van der Waals surface area contributed by atoms with E-state index in [1.807, 2.05) is 0 Å². The first kappa shape index (κ1) is 10.4. The first-order valence-electron chi connectivity index (χ1n) is 4.50. The average molecular weight is 230 g/mol. The Labute approximate surface area is 91.2 Å². The minimum absolute atomic E-state index is 0.0486. The summed E-state index contributed by atoms with van der Waals surface area (Å²) >= 11 is 5.56. The lowest BCUT2D eigenvalue weighted by molar-refractivity contribution is -0.00346. The molecule has 0 atom stereocenters. The van der Waals surface area contributed by atoms with Gasteiger partial charge in [-0.15, -0.1) is 0 Å². The molecule has 1 amide bonds. The lowest BCUT2D eigenvalue weighted by Crippen LogP contribution is -2.48. The van der Waals surface area contributed by atoms with Gasteiger partial charge >= 0.3 is 0 Å². The van der Waals surface area contributed by atoms with Crippen molar-refractivity contribution in [1.29, 1.82) is 0 Å². The lowest BCUT2D eigenvalue weighted by atomic mass is 10.2. The molecule has 1 heterocycles. The van der Waals surface area contributed by atoms with E-state index in [9.17, 15) is 9.18 Å². The number of nitrogens with one attached hydrogen (secondary N) is 1. The topological polar surface area (TPSA) is 38.3 Å². The van der Waals surface area contributed by atoms with E-state index in [2.05, 4.69) is 5.32 Å². The number of benzene rings is 1. The molecule has 0 aromatic heterocycles. The van der Waals surface area contributed by atoms with E-state index in [0.717, 1.165) is 0 Å². The summed E-state index contributed by atoms with van der Waals surface area (Å²) in [5.41, 5.74) is 0.355. The summed E-state index contributed by atoms with van der Waals surface area (Å²) in [6.45, 7) is 1.06. The first-order valence-corrected chi connectivity index (χ1v) is 4.88. The first-order chi connectivity index (χ1) is 7.16. The Bertz CT molecular complexity index is 393. The summed E-state index contributed by atoms with van der Waals surface area (Å²) in [5.74, 6) is -0.787. The molecule has 1 aromatic carbocycles. The molecule has 80 valence electrons. The molecule has 1 fully saturated rings. The van der Waals surface area contributed by atoms with Gasteiger partial charge in [-0.1, -0.05) is 11.6 Å². The molecule has 0 bridgehead atoms. The van der Waals surface area contributed by atoms with Crippen LogP contribution < -0.4 is 5.32 Å². The molecular formula is C10H9ClFNO2. The van der Waals surface area contributed by atoms with Gasteiger partial charge in [-0.3, -0.25) is 4.79 Å². The van der Waals surface area contributed by atoms with Crippen LogP contribution in [0, 0.1) is 5.82 Å². The maximum Gasteiger partial charge on any atom is 0.251 e. The van der Waals surface area contributed by atoms with Crippen molar-refractivity contribution in [3.63, 3.8) is 0 Å². The summed E-state index contributed by atoms with van der Waals surface area (Å²) in [6, 6.07) is 3.94. The number of carbonyl (C=O) groups is 1. The number of ether oxygens (including phenoxy) is 1. The van der Waals surface area contributed by atoms with Crippen LogP contribution in [0.25, 0.3) is 0 Å². The Morgan fingerprint density at radius 3 is 2.80 bits per heavy atom. The molecule has 1 saturated heterocycles. The van der Waals surface area contributed by atoms with E-state index < -0.39 is 5.82 Å². The molecule has 1 aliphatic heterocycles. The second-order valence-corrected chi connectivity index (χ2v) is 3.74. The molecular weight excluding hydrogens is 221 g/mol. The summed E-state index contributed by atoms with van der Waals surface area (Å²) in [6.07, 6.45) is 0. The molecule has 0 saturated carbocycles. The average Bonchev–Trinajstić information content (AvgIpc) is 2.15. The zero-order chi connectivity index (χ0) is 10.8. The lowest BCUT2D eigenvalue weighted by Gasteiger charge is -2.26. The molecule has 15 heavy (non-hydrogen) atoms. The second kappa shape index (κ2) is 4.16. The highest BCUT2D eigenvalue weighted by molar-refractivity contribution is 6.31. The van der Waals surface area contributed by atoms with Crippen LogP contribution in [0.2, 0.25) is 5.02 Å². The van der Waals surface area contributed by atoms with Crippen molar-refractivity contribution >= 4 is 17.5 Å². The van der Waals surface area contributed by atoms with E-state index in [-0.39, 0.29) is 17.0 Å². The Balaban J connectivity index is 2.07. The van der Waals surface area contributed by atoms with Crippen LogP contribution in [-0.4, -0.2) is 25.2 Å². The number of hydrogen-bond donors (Lipinski definition) is 1. The van der Waals surface area contributed by atoms with Gasteiger partial charge in [0.05, 0.1) is 24.3 Å². The van der Waals surface area contributed by atoms with Gasteiger partial charge in [-0.2, -0.15) is 0 Å². The number of rotatable bonds is 2. The molecule has 1 N–H and O–H groups in total. The van der Waals surface area contributed by atoms with Crippen molar-refractivity contribution in [3.05, 3.63) is 34.6 Å². The van der Waals surface area contributed by atoms with Crippen LogP contribution in [0.5, 0.6) is 0 Å². The highest BCUT2D eigenvalue weighted by Gasteiger charge is 2.21. The van der Waals surface area contributed by atoms with Gasteiger partial charge in [0, 0.05) is 5.56 Å². The van der Waals surface area contributed by atoms with Gasteiger partial charge in [-0.05, 0) is 18.2 Å². The minimum Gasteiger partial charge on any atom is -0.377 e. The van der Waals surface area contributed by atoms with Gasteiger partial charge < -0.3 is 10.1 Å². The predicted octanol–water partition coefficient (Wildman–Crippen LogP) is 1.61. The standard InChI is InChI=1S/C10H9ClFNO2/c11-8-3-6(1-2-9(8)12)10(14)13-7-4-15-5-7/h1-3,7H,4-5H2,(H,13,14). The highest BCUT2D eigenvalue weighted by atomic mass is 35.5. The fourth-order valence-corrected chi connectivity index (χ4v) is 1.41. The van der Waals surface area contributed by atoms with Crippen LogP contribution in [0.4, 0.5) is 4.39 Å². The molecule has 1 aromatic rings. The Morgan fingerprint density at radius 2 is 2.27 bits per heavy atom. The quantitative estimate of drug-likeness (QED) is 0.837. The molecule has 2 rings (SSSR count). The van der Waals surface area contributed by atoms with E-state index in [4.69, 9.17) is 16.3 Å². The van der Waals surface area contributed by atoms with Crippen molar-refractivity contribution in [2.24, 2.45) is 0 Å². The summed E-state index contributed by atoms with van der Waals surface area (Å²) in [4.78, 5) is 11.6. The van der Waals surface area contributed by atoms with Crippen molar-refractivity contribution in [1.82, 2.24) is 5.32 Å². The summed E-state index contributed by atoms with van der Waals surface area (Å²) < 4.78 is 17.7. The number of hydrogen-bond acceptors (Lipinski definition) is 2. The fourth-order valence-electron chi connectivity index (χ4n) is 1.23. The minimum atomic E-state index is -0.528. The van der Waals surface area contributed by atoms with Crippen molar-refractivity contribution in [3.8, 4) is 0 Å². The molecule has 0 aliphatic carbocycles. The third kappa shape index (κ3) is 2.27. The van der Waals surface area contributed by atoms with Crippen LogP contribution in [0.1, 0.15) is 10.4 Å². The van der Waals surface area contributed by atoms with Crippen molar-refractivity contribution in [2.75, 3.05) is 13.2 Å². The smallest absolute Gasteiger partial charge is 0.251 e. The summed E-state index contributed by atoms with van der Waals surface area (Å²) in [7, 11) is 0. The van der Waals surface area contributed by atoms with Gasteiger partial charge in [0.15, 0.2) is 0 Å². The molecule has 0 unspecified atom stereocenters. The van der Waals surface area contributed by atoms with Crippen LogP contribution in [0.3, 0.4) is 0 Å². The zero-order valence-corrected chi connectivity index (χ0v) is 8.55. The molecule has 3 nitrogen and oxygen atoms in total. The maximum absolute atomic E-state index is 12.8. The van der Waals surface area contributed by atoms with Crippen LogP contribution in [0.15, 0.2) is 18.2 Å². The largest absolute Gasteiger partial charge is 0.377 e. The van der Waals surface area contributed by atoms with Crippen molar-refractivity contribution < 1.29 is 13.9 Å². The number of halogens is 2. The number of amides is 1. The van der Waals surface area contributed by atoms with Gasteiger partial charge in [-0.25, -0.2) is 4.39 Å². The molecule has 5 heteroatoms. The highest BCUT2D eigenvalue weighted by Crippen LogP contribution is 2.16. The fraction of sp³-hybridized carbons (Fsp3) is 0.300. The van der Waals surface area contributed by atoms with E-state index in [1.54, 1.807) is 0 Å². The van der Waals surface area contributed by atoms with E-state index in [0.29, 0.717) is 18.8 Å². The Kier molecular flexibility index (Phi) is 2.88. The SMILES string of the molecule is O=C(NC1COC1)c1ccc(F)c(Cl)c1. The third-order valence-corrected chi connectivity index (χ3v) is 2.44. The van der Waals surface area contributed by atoms with Gasteiger partial charge in [0.25, 0.3) is 5.91 Å². The predicted molar refractivity (Wildman–Crippen MR) is 53.5 cm³/mol. The molecule has 1 aliphatic rings.